The number of hydrogen-bond donors (Lipinski definition) is 2. The van der Waals surface area contributed by atoms with Crippen molar-refractivity contribution in [2.24, 2.45) is 0 Å². The zero-order chi connectivity index (χ0) is 24.5. The van der Waals surface area contributed by atoms with Crippen molar-refractivity contribution in [2.75, 3.05) is 24.4 Å². The number of methoxy groups -OCH3 is 1. The molecule has 176 valence electrons. The van der Waals surface area contributed by atoms with Crippen molar-refractivity contribution in [1.82, 2.24) is 4.98 Å². The summed E-state index contributed by atoms with van der Waals surface area (Å²) in [7, 11) is 1.53. The Morgan fingerprint density at radius 1 is 0.800 bits per heavy atom. The van der Waals surface area contributed by atoms with Crippen molar-refractivity contribution in [3.05, 3.63) is 103 Å². The van der Waals surface area contributed by atoms with E-state index in [1.165, 1.54) is 7.11 Å². The number of benzene rings is 3. The highest BCUT2D eigenvalue weighted by Crippen LogP contribution is 2.26. The Morgan fingerprint density at radius 2 is 1.51 bits per heavy atom. The summed E-state index contributed by atoms with van der Waals surface area (Å²) < 4.78 is 16.5. The summed E-state index contributed by atoms with van der Waals surface area (Å²) in [6, 6.07) is 26.2. The van der Waals surface area contributed by atoms with Crippen molar-refractivity contribution < 1.29 is 23.8 Å². The van der Waals surface area contributed by atoms with Crippen molar-refractivity contribution >= 4 is 23.2 Å². The van der Waals surface area contributed by atoms with Crippen LogP contribution in [0.25, 0.3) is 0 Å². The number of pyridine rings is 1. The summed E-state index contributed by atoms with van der Waals surface area (Å²) in [5, 5.41) is 5.57. The molecule has 35 heavy (non-hydrogen) atoms. The number of hydrogen-bond acceptors (Lipinski definition) is 6. The van der Waals surface area contributed by atoms with E-state index >= 15 is 0 Å². The molecule has 8 nitrogen and oxygen atoms in total. The third kappa shape index (κ3) is 6.35. The average molecular weight is 469 g/mol. The Kier molecular flexibility index (Phi) is 7.55. The van der Waals surface area contributed by atoms with Gasteiger partial charge in [-0.3, -0.25) is 9.59 Å². The molecule has 2 N–H and O–H groups in total. The summed E-state index contributed by atoms with van der Waals surface area (Å²) in [6.07, 6.45) is 1.55. The number of nitrogens with one attached hydrogen (secondary N) is 2. The zero-order valence-corrected chi connectivity index (χ0v) is 18.9. The van der Waals surface area contributed by atoms with E-state index in [0.29, 0.717) is 28.6 Å². The Hall–Kier alpha value is -4.85. The van der Waals surface area contributed by atoms with Crippen LogP contribution in [0.15, 0.2) is 97.2 Å². The van der Waals surface area contributed by atoms with Crippen LogP contribution in [0, 0.1) is 0 Å². The lowest BCUT2D eigenvalue weighted by molar-refractivity contribution is -0.118. The summed E-state index contributed by atoms with van der Waals surface area (Å²) >= 11 is 0. The first-order valence-electron chi connectivity index (χ1n) is 10.8. The molecule has 0 unspecified atom stereocenters. The Balaban J connectivity index is 1.39. The van der Waals surface area contributed by atoms with Gasteiger partial charge in [0.05, 0.1) is 7.11 Å². The highest BCUT2D eigenvalue weighted by molar-refractivity contribution is 6.06. The van der Waals surface area contributed by atoms with Crippen LogP contribution in [-0.2, 0) is 4.79 Å². The number of ether oxygens (including phenoxy) is 3. The monoisotopic (exact) mass is 469 g/mol. The molecule has 0 aliphatic carbocycles. The third-order valence-corrected chi connectivity index (χ3v) is 4.81. The molecular weight excluding hydrogens is 446 g/mol. The van der Waals surface area contributed by atoms with E-state index in [0.717, 1.165) is 0 Å². The van der Waals surface area contributed by atoms with Gasteiger partial charge in [0, 0.05) is 17.6 Å². The molecule has 0 atom stereocenters. The first kappa shape index (κ1) is 23.3. The molecule has 0 radical (unpaired) electrons. The lowest BCUT2D eigenvalue weighted by Gasteiger charge is -2.12. The van der Waals surface area contributed by atoms with Crippen LogP contribution in [0.5, 0.6) is 23.1 Å². The van der Waals surface area contributed by atoms with Crippen LogP contribution in [0.2, 0.25) is 0 Å². The van der Waals surface area contributed by atoms with E-state index in [2.05, 4.69) is 15.6 Å². The molecule has 1 aromatic heterocycles. The molecule has 0 saturated carbocycles. The lowest BCUT2D eigenvalue weighted by atomic mass is 10.2. The van der Waals surface area contributed by atoms with Gasteiger partial charge in [-0.05, 0) is 54.6 Å². The summed E-state index contributed by atoms with van der Waals surface area (Å²) in [4.78, 5) is 29.5. The Labute approximate surface area is 202 Å². The quantitative estimate of drug-likeness (QED) is 0.352. The van der Waals surface area contributed by atoms with E-state index < -0.39 is 5.91 Å². The zero-order valence-electron chi connectivity index (χ0n) is 18.9. The van der Waals surface area contributed by atoms with Crippen molar-refractivity contribution in [2.45, 2.75) is 0 Å². The molecule has 0 bridgehead atoms. The van der Waals surface area contributed by atoms with Crippen LogP contribution < -0.4 is 24.8 Å². The van der Waals surface area contributed by atoms with E-state index in [9.17, 15) is 9.59 Å². The largest absolute Gasteiger partial charge is 0.493 e. The number of amides is 2. The molecule has 0 spiro atoms. The summed E-state index contributed by atoms with van der Waals surface area (Å²) in [5.41, 5.74) is 1.27. The fourth-order valence-electron chi connectivity index (χ4n) is 3.20. The van der Waals surface area contributed by atoms with Gasteiger partial charge in [-0.1, -0.05) is 36.4 Å². The lowest BCUT2D eigenvalue weighted by Crippen LogP contribution is -2.20. The summed E-state index contributed by atoms with van der Waals surface area (Å²) in [5.74, 6) is 1.01. The first-order chi connectivity index (χ1) is 17.1. The van der Waals surface area contributed by atoms with Gasteiger partial charge in [-0.15, -0.1) is 0 Å². The number of rotatable bonds is 9. The maximum atomic E-state index is 12.9. The van der Waals surface area contributed by atoms with Gasteiger partial charge in [0.25, 0.3) is 11.8 Å². The molecule has 1 heterocycles. The van der Waals surface area contributed by atoms with Gasteiger partial charge < -0.3 is 24.8 Å². The minimum atomic E-state index is -0.396. The van der Waals surface area contributed by atoms with Gasteiger partial charge in [0.15, 0.2) is 18.1 Å². The molecule has 0 fully saturated rings. The molecule has 3 aromatic carbocycles. The minimum Gasteiger partial charge on any atom is -0.493 e. The van der Waals surface area contributed by atoms with E-state index in [1.807, 2.05) is 24.3 Å². The van der Waals surface area contributed by atoms with Gasteiger partial charge in [0.2, 0.25) is 5.88 Å². The first-order valence-corrected chi connectivity index (χ1v) is 10.8. The van der Waals surface area contributed by atoms with Crippen LogP contribution in [-0.4, -0.2) is 30.5 Å². The highest BCUT2D eigenvalue weighted by Gasteiger charge is 2.15. The maximum absolute atomic E-state index is 12.9. The second-order valence-electron chi connectivity index (χ2n) is 7.29. The van der Waals surface area contributed by atoms with E-state index in [-0.39, 0.29) is 24.0 Å². The fourth-order valence-corrected chi connectivity index (χ4v) is 3.20. The Morgan fingerprint density at radius 3 is 2.29 bits per heavy atom. The van der Waals surface area contributed by atoms with Gasteiger partial charge in [-0.25, -0.2) is 4.98 Å². The molecular formula is C27H23N3O5. The Bertz CT molecular complexity index is 1310. The van der Waals surface area contributed by atoms with Gasteiger partial charge >= 0.3 is 0 Å². The normalized spacial score (nSPS) is 10.2. The second kappa shape index (κ2) is 11.3. The third-order valence-electron chi connectivity index (χ3n) is 4.81. The molecule has 0 saturated heterocycles. The molecule has 4 rings (SSSR count). The SMILES string of the molecule is COc1ccccc1OCC(=O)Nc1cccc(NC(=O)c2cccnc2Oc2ccccc2)c1. The average Bonchev–Trinajstić information content (AvgIpc) is 2.89. The number of para-hydroxylation sites is 3. The number of carbonyl (C=O) groups excluding carboxylic acids is 2. The predicted molar refractivity (Wildman–Crippen MR) is 132 cm³/mol. The van der Waals surface area contributed by atoms with Gasteiger partial charge in [0.1, 0.15) is 11.3 Å². The van der Waals surface area contributed by atoms with Gasteiger partial charge in [-0.2, -0.15) is 0 Å². The topological polar surface area (TPSA) is 98.8 Å². The number of aromatic nitrogens is 1. The molecule has 8 heteroatoms. The molecule has 2 amide bonds. The van der Waals surface area contributed by atoms with E-state index in [1.54, 1.807) is 72.9 Å². The standard InChI is InChI=1S/C27H23N3O5/c1-33-23-14-5-6-15-24(23)34-18-25(31)29-19-9-7-10-20(17-19)30-26(32)22-13-8-16-28-27(22)35-21-11-3-2-4-12-21/h2-17H,18H2,1H3,(H,29,31)(H,30,32). The molecule has 0 aliphatic heterocycles. The van der Waals surface area contributed by atoms with Crippen molar-refractivity contribution in [3.8, 4) is 23.1 Å². The van der Waals surface area contributed by atoms with Crippen LogP contribution in [0.1, 0.15) is 10.4 Å². The van der Waals surface area contributed by atoms with Crippen LogP contribution >= 0.6 is 0 Å². The second-order valence-corrected chi connectivity index (χ2v) is 7.29. The van der Waals surface area contributed by atoms with Crippen molar-refractivity contribution in [1.29, 1.82) is 0 Å². The van der Waals surface area contributed by atoms with Crippen molar-refractivity contribution in [3.63, 3.8) is 0 Å². The van der Waals surface area contributed by atoms with Crippen LogP contribution in [0.3, 0.4) is 0 Å². The fraction of sp³-hybridized carbons (Fsp3) is 0.0741. The maximum Gasteiger partial charge on any atom is 0.262 e. The summed E-state index contributed by atoms with van der Waals surface area (Å²) in [6.45, 7) is -0.202. The number of nitrogens with zero attached hydrogens (tertiary/aromatic N) is 1. The van der Waals surface area contributed by atoms with Crippen LogP contribution in [0.4, 0.5) is 11.4 Å². The smallest absolute Gasteiger partial charge is 0.262 e. The van der Waals surface area contributed by atoms with E-state index in [4.69, 9.17) is 14.2 Å². The predicted octanol–water partition coefficient (Wildman–Crippen LogP) is 5.15. The molecule has 4 aromatic rings. The number of carbonyl (C=O) groups is 2. The molecule has 0 aliphatic rings. The minimum absolute atomic E-state index is 0.189. The number of anilines is 2. The highest BCUT2D eigenvalue weighted by atomic mass is 16.5.